The molecule has 4 rings (SSSR count). The number of rotatable bonds is 4. The predicted molar refractivity (Wildman–Crippen MR) is 99.3 cm³/mol. The van der Waals surface area contributed by atoms with Crippen molar-refractivity contribution in [1.82, 2.24) is 9.55 Å². The van der Waals surface area contributed by atoms with Gasteiger partial charge >= 0.3 is 0 Å². The molecular formula is C19H20ClN3O4. The molecule has 1 fully saturated rings. The summed E-state index contributed by atoms with van der Waals surface area (Å²) in [5.74, 6) is -0.728. The molecule has 1 aromatic heterocycles. The highest BCUT2D eigenvalue weighted by molar-refractivity contribution is 6.30. The maximum atomic E-state index is 13.0. The molecule has 3 atom stereocenters. The first-order chi connectivity index (χ1) is 12.9. The van der Waals surface area contributed by atoms with E-state index in [-0.39, 0.29) is 30.0 Å². The molecule has 2 heterocycles. The zero-order chi connectivity index (χ0) is 19.3. The summed E-state index contributed by atoms with van der Waals surface area (Å²) in [5.41, 5.74) is 1.29. The number of carbonyl (C=O) groups excluding carboxylic acids is 2. The monoisotopic (exact) mass is 389 g/mol. The maximum Gasteiger partial charge on any atom is 0.298 e. The van der Waals surface area contributed by atoms with Gasteiger partial charge in [-0.2, -0.15) is 4.98 Å². The Bertz CT molecular complexity index is 908. The Morgan fingerprint density at radius 2 is 1.96 bits per heavy atom. The number of aromatic nitrogens is 2. The summed E-state index contributed by atoms with van der Waals surface area (Å²) in [6, 6.07) is 7.57. The van der Waals surface area contributed by atoms with Crippen molar-refractivity contribution in [2.24, 2.45) is 11.8 Å². The summed E-state index contributed by atoms with van der Waals surface area (Å²) in [6.07, 6.45) is 0.118. The number of ether oxygens (including phenoxy) is 1. The molecule has 1 amide bonds. The van der Waals surface area contributed by atoms with E-state index in [2.05, 4.69) is 4.98 Å². The number of halogens is 1. The van der Waals surface area contributed by atoms with Gasteiger partial charge in [-0.05, 0) is 30.0 Å². The van der Waals surface area contributed by atoms with Gasteiger partial charge in [-0.25, -0.2) is 0 Å². The fraction of sp³-hybridized carbons (Fsp3) is 0.421. The van der Waals surface area contributed by atoms with E-state index in [0.29, 0.717) is 29.5 Å². The average molecular weight is 390 g/mol. The van der Waals surface area contributed by atoms with Crippen LogP contribution < -0.4 is 9.64 Å². The van der Waals surface area contributed by atoms with E-state index in [0.717, 1.165) is 5.56 Å². The number of hydrogen-bond donors (Lipinski definition) is 1. The van der Waals surface area contributed by atoms with Crippen molar-refractivity contribution < 1.29 is 19.4 Å². The van der Waals surface area contributed by atoms with Crippen molar-refractivity contribution in [2.75, 3.05) is 19.1 Å². The van der Waals surface area contributed by atoms with Crippen LogP contribution in [0.15, 0.2) is 24.3 Å². The minimum Gasteiger partial charge on any atom is -0.468 e. The van der Waals surface area contributed by atoms with Crippen molar-refractivity contribution in [2.45, 2.75) is 25.5 Å². The zero-order valence-electron chi connectivity index (χ0n) is 15.1. The Morgan fingerprint density at radius 1 is 1.30 bits per heavy atom. The van der Waals surface area contributed by atoms with Crippen LogP contribution in [0.1, 0.15) is 28.9 Å². The zero-order valence-corrected chi connectivity index (χ0v) is 15.8. The molecule has 1 aliphatic carbocycles. The molecule has 0 spiro atoms. The van der Waals surface area contributed by atoms with Gasteiger partial charge in [0.05, 0.1) is 25.7 Å². The quantitative estimate of drug-likeness (QED) is 0.866. The van der Waals surface area contributed by atoms with Crippen LogP contribution in [-0.4, -0.2) is 46.6 Å². The topological polar surface area (TPSA) is 84.7 Å². The van der Waals surface area contributed by atoms with Crippen LogP contribution in [-0.2, 0) is 11.3 Å². The standard InChI is InChI=1S/C19H20ClN3O4/c1-22-17-16(15(25)8-13(18(22)26)12-7-14(12)24)23(19(21-17)27-2)9-10-3-5-11(20)6-4-10/h3-6,12-14,24H,7-9H2,1-2H3. The number of amides is 1. The summed E-state index contributed by atoms with van der Waals surface area (Å²) < 4.78 is 7.06. The number of aliphatic hydroxyl groups excluding tert-OH is 1. The largest absolute Gasteiger partial charge is 0.468 e. The van der Waals surface area contributed by atoms with Crippen LogP contribution in [0, 0.1) is 11.8 Å². The predicted octanol–water partition coefficient (Wildman–Crippen LogP) is 2.14. The van der Waals surface area contributed by atoms with Crippen molar-refractivity contribution in [3.63, 3.8) is 0 Å². The lowest BCUT2D eigenvalue weighted by atomic mass is 9.96. The molecule has 0 radical (unpaired) electrons. The third kappa shape index (κ3) is 3.11. The highest BCUT2D eigenvalue weighted by atomic mass is 35.5. The lowest BCUT2D eigenvalue weighted by Crippen LogP contribution is -2.33. The molecule has 1 aromatic carbocycles. The van der Waals surface area contributed by atoms with Gasteiger partial charge in [0, 0.05) is 18.5 Å². The SMILES string of the molecule is COc1nc2c(n1Cc1ccc(Cl)cc1)C(=O)CC(C1CC1O)C(=O)N2C. The molecule has 1 saturated carbocycles. The fourth-order valence-electron chi connectivity index (χ4n) is 3.71. The number of methoxy groups -OCH3 is 1. The number of fused-ring (bicyclic) bond motifs is 1. The van der Waals surface area contributed by atoms with Gasteiger partial charge in [-0.3, -0.25) is 19.1 Å². The Balaban J connectivity index is 1.75. The van der Waals surface area contributed by atoms with Crippen molar-refractivity contribution in [3.8, 4) is 6.01 Å². The van der Waals surface area contributed by atoms with Gasteiger partial charge in [-0.15, -0.1) is 0 Å². The van der Waals surface area contributed by atoms with Crippen molar-refractivity contribution in [1.29, 1.82) is 0 Å². The summed E-state index contributed by atoms with van der Waals surface area (Å²) in [7, 11) is 3.09. The number of aliphatic hydroxyl groups is 1. The Labute approximate surface area is 161 Å². The highest BCUT2D eigenvalue weighted by Gasteiger charge is 2.49. The number of imidazole rings is 1. The van der Waals surface area contributed by atoms with Crippen molar-refractivity contribution >= 4 is 29.1 Å². The first-order valence-electron chi connectivity index (χ1n) is 8.78. The molecule has 27 heavy (non-hydrogen) atoms. The summed E-state index contributed by atoms with van der Waals surface area (Å²) in [4.78, 5) is 31.7. The lowest BCUT2D eigenvalue weighted by molar-refractivity contribution is -0.122. The van der Waals surface area contributed by atoms with E-state index in [1.165, 1.54) is 12.0 Å². The third-order valence-corrected chi connectivity index (χ3v) is 5.56. The number of carbonyl (C=O) groups is 2. The Kier molecular flexibility index (Phi) is 4.44. The second-order valence-corrected chi connectivity index (χ2v) is 7.52. The van der Waals surface area contributed by atoms with E-state index >= 15 is 0 Å². The second-order valence-electron chi connectivity index (χ2n) is 7.08. The van der Waals surface area contributed by atoms with Gasteiger partial charge in [0.25, 0.3) is 6.01 Å². The van der Waals surface area contributed by atoms with Gasteiger partial charge in [0.2, 0.25) is 5.91 Å². The van der Waals surface area contributed by atoms with Crippen molar-refractivity contribution in [3.05, 3.63) is 40.5 Å². The molecule has 3 unspecified atom stereocenters. The number of Topliss-reactive ketones (excluding diaryl/α,β-unsaturated/α-hetero) is 1. The molecule has 142 valence electrons. The first kappa shape index (κ1) is 18.0. The molecular weight excluding hydrogens is 370 g/mol. The smallest absolute Gasteiger partial charge is 0.298 e. The van der Waals surface area contributed by atoms with Gasteiger partial charge in [0.15, 0.2) is 11.6 Å². The maximum absolute atomic E-state index is 13.0. The second kappa shape index (κ2) is 6.65. The van der Waals surface area contributed by atoms with Crippen LogP contribution in [0.25, 0.3) is 0 Å². The van der Waals surface area contributed by atoms with Crippen LogP contribution in [0.4, 0.5) is 5.82 Å². The van der Waals surface area contributed by atoms with E-state index in [4.69, 9.17) is 16.3 Å². The van der Waals surface area contributed by atoms with Crippen LogP contribution >= 0.6 is 11.6 Å². The Morgan fingerprint density at radius 3 is 2.56 bits per heavy atom. The molecule has 2 aromatic rings. The van der Waals surface area contributed by atoms with E-state index < -0.39 is 12.0 Å². The van der Waals surface area contributed by atoms with Gasteiger partial charge in [-0.1, -0.05) is 23.7 Å². The molecule has 0 bridgehead atoms. The number of hydrogen-bond acceptors (Lipinski definition) is 5. The summed E-state index contributed by atoms with van der Waals surface area (Å²) in [6.45, 7) is 0.368. The minimum atomic E-state index is -0.512. The molecule has 8 heteroatoms. The van der Waals surface area contributed by atoms with Gasteiger partial charge < -0.3 is 9.84 Å². The average Bonchev–Trinajstić information content (AvgIpc) is 3.27. The molecule has 2 aliphatic rings. The Hall–Kier alpha value is -2.38. The first-order valence-corrected chi connectivity index (χ1v) is 9.16. The number of benzene rings is 1. The molecule has 1 aliphatic heterocycles. The number of anilines is 1. The minimum absolute atomic E-state index is 0.0629. The summed E-state index contributed by atoms with van der Waals surface area (Å²) >= 11 is 5.95. The van der Waals surface area contributed by atoms with Crippen LogP contribution in [0.2, 0.25) is 5.02 Å². The van der Waals surface area contributed by atoms with Gasteiger partial charge in [0.1, 0.15) is 5.69 Å². The molecule has 7 nitrogen and oxygen atoms in total. The van der Waals surface area contributed by atoms with E-state index in [9.17, 15) is 14.7 Å². The van der Waals surface area contributed by atoms with E-state index in [1.54, 1.807) is 23.7 Å². The number of nitrogens with zero attached hydrogens (tertiary/aromatic N) is 3. The third-order valence-electron chi connectivity index (χ3n) is 5.31. The van der Waals surface area contributed by atoms with Crippen LogP contribution in [0.5, 0.6) is 6.01 Å². The summed E-state index contributed by atoms with van der Waals surface area (Å²) in [5, 5.41) is 10.4. The molecule has 1 N–H and O–H groups in total. The normalized spacial score (nSPS) is 24.6. The van der Waals surface area contributed by atoms with E-state index in [1.807, 2.05) is 12.1 Å². The lowest BCUT2D eigenvalue weighted by Gasteiger charge is -2.18. The molecule has 0 saturated heterocycles. The fourth-order valence-corrected chi connectivity index (χ4v) is 3.83. The van der Waals surface area contributed by atoms with Crippen LogP contribution in [0.3, 0.4) is 0 Å². The highest BCUT2D eigenvalue weighted by Crippen LogP contribution is 2.43. The number of ketones is 1.